The van der Waals surface area contributed by atoms with Crippen molar-refractivity contribution in [2.75, 3.05) is 0 Å². The summed E-state index contributed by atoms with van der Waals surface area (Å²) in [6, 6.07) is 27.7. The van der Waals surface area contributed by atoms with E-state index in [9.17, 15) is 5.11 Å². The highest BCUT2D eigenvalue weighted by Gasteiger charge is 2.14. The lowest BCUT2D eigenvalue weighted by atomic mass is 9.98. The molecule has 2 nitrogen and oxygen atoms in total. The van der Waals surface area contributed by atoms with Crippen molar-refractivity contribution in [2.45, 2.75) is 13.0 Å². The van der Waals surface area contributed by atoms with Gasteiger partial charge in [0.25, 0.3) is 0 Å². The quantitative estimate of drug-likeness (QED) is 0.676. The van der Waals surface area contributed by atoms with Crippen molar-refractivity contribution < 1.29 is 5.11 Å². The molecular formula is C21H19NO. The van der Waals surface area contributed by atoms with Crippen LogP contribution < -0.4 is 0 Å². The summed E-state index contributed by atoms with van der Waals surface area (Å²) in [5.41, 5.74) is 3.85. The van der Waals surface area contributed by atoms with Crippen LogP contribution >= 0.6 is 0 Å². The van der Waals surface area contributed by atoms with E-state index in [0.29, 0.717) is 0 Å². The zero-order valence-corrected chi connectivity index (χ0v) is 13.1. The molecule has 0 amide bonds. The number of benzene rings is 3. The molecule has 0 spiro atoms. The van der Waals surface area contributed by atoms with Gasteiger partial charge in [-0.25, -0.2) is 0 Å². The minimum absolute atomic E-state index is 0.0861. The monoisotopic (exact) mass is 301 g/mol. The van der Waals surface area contributed by atoms with Crippen molar-refractivity contribution in [3.8, 4) is 5.75 Å². The predicted molar refractivity (Wildman–Crippen MR) is 95.0 cm³/mol. The van der Waals surface area contributed by atoms with E-state index in [1.165, 1.54) is 0 Å². The van der Waals surface area contributed by atoms with E-state index in [-0.39, 0.29) is 11.8 Å². The third-order valence-corrected chi connectivity index (χ3v) is 3.85. The zero-order chi connectivity index (χ0) is 16.1. The maximum Gasteiger partial charge on any atom is 0.124 e. The lowest BCUT2D eigenvalue weighted by molar-refractivity contribution is 0.474. The smallest absolute Gasteiger partial charge is 0.124 e. The van der Waals surface area contributed by atoms with Crippen molar-refractivity contribution in [3.63, 3.8) is 0 Å². The van der Waals surface area contributed by atoms with Crippen molar-refractivity contribution in [3.05, 3.63) is 102 Å². The van der Waals surface area contributed by atoms with Gasteiger partial charge < -0.3 is 5.11 Å². The molecule has 1 N–H and O–H groups in total. The third kappa shape index (κ3) is 3.49. The van der Waals surface area contributed by atoms with Crippen LogP contribution in [0.4, 0.5) is 0 Å². The number of phenols is 1. The van der Waals surface area contributed by atoms with Crippen molar-refractivity contribution in [2.24, 2.45) is 4.99 Å². The molecule has 0 aliphatic carbocycles. The number of rotatable bonds is 4. The standard InChI is InChI=1S/C21H19NO/c1-16(19-14-8-9-15-20(19)23)22-21(17-10-4-2-5-11-17)18-12-6-3-7-13-18/h2-15,21,23H,1H3. The lowest BCUT2D eigenvalue weighted by Crippen LogP contribution is -2.03. The molecule has 0 aliphatic heterocycles. The molecule has 0 aliphatic rings. The van der Waals surface area contributed by atoms with E-state index < -0.39 is 0 Å². The molecule has 3 aromatic carbocycles. The molecule has 23 heavy (non-hydrogen) atoms. The highest BCUT2D eigenvalue weighted by molar-refractivity contribution is 6.01. The number of phenolic OH excluding ortho intramolecular Hbond substituents is 1. The fourth-order valence-electron chi connectivity index (χ4n) is 2.65. The SMILES string of the molecule is CC(=NC(c1ccccc1)c1ccccc1)c1ccccc1O. The number of aliphatic imine (C=N–C) groups is 1. The number of hydrogen-bond acceptors (Lipinski definition) is 2. The predicted octanol–water partition coefficient (Wildman–Crippen LogP) is 4.99. The fraction of sp³-hybridized carbons (Fsp3) is 0.0952. The van der Waals surface area contributed by atoms with Crippen LogP contribution in [0.2, 0.25) is 0 Å². The Morgan fingerprint density at radius 2 is 1.22 bits per heavy atom. The molecule has 0 radical (unpaired) electrons. The molecule has 0 saturated carbocycles. The molecule has 3 rings (SSSR count). The van der Waals surface area contributed by atoms with E-state index in [4.69, 9.17) is 4.99 Å². The molecule has 0 unspecified atom stereocenters. The summed E-state index contributed by atoms with van der Waals surface area (Å²) in [6.45, 7) is 1.94. The maximum atomic E-state index is 10.1. The molecule has 0 atom stereocenters. The summed E-state index contributed by atoms with van der Waals surface area (Å²) in [6.07, 6.45) is 0. The first-order valence-electron chi connectivity index (χ1n) is 7.68. The van der Waals surface area contributed by atoms with Crippen molar-refractivity contribution in [1.82, 2.24) is 0 Å². The van der Waals surface area contributed by atoms with Gasteiger partial charge in [-0.05, 0) is 30.2 Å². The Morgan fingerprint density at radius 3 is 1.74 bits per heavy atom. The van der Waals surface area contributed by atoms with Crippen LogP contribution in [0, 0.1) is 0 Å². The Bertz CT molecular complexity index is 755. The molecule has 0 heterocycles. The first-order chi connectivity index (χ1) is 11.3. The van der Waals surface area contributed by atoms with Crippen LogP contribution in [-0.2, 0) is 0 Å². The van der Waals surface area contributed by atoms with Gasteiger partial charge >= 0.3 is 0 Å². The molecule has 2 heteroatoms. The summed E-state index contributed by atoms with van der Waals surface area (Å²) in [5.74, 6) is 0.258. The molecular weight excluding hydrogens is 282 g/mol. The Labute approximate surface area is 136 Å². The van der Waals surface area contributed by atoms with Crippen LogP contribution in [0.5, 0.6) is 5.75 Å². The van der Waals surface area contributed by atoms with Crippen LogP contribution in [-0.4, -0.2) is 10.8 Å². The Balaban J connectivity index is 2.06. The van der Waals surface area contributed by atoms with Gasteiger partial charge in [0, 0.05) is 11.3 Å². The number of hydrogen-bond donors (Lipinski definition) is 1. The molecule has 3 aromatic rings. The summed E-state index contributed by atoms with van der Waals surface area (Å²) in [7, 11) is 0. The summed E-state index contributed by atoms with van der Waals surface area (Å²) < 4.78 is 0. The van der Waals surface area contributed by atoms with Gasteiger partial charge in [-0.2, -0.15) is 0 Å². The average molecular weight is 301 g/mol. The largest absolute Gasteiger partial charge is 0.507 e. The van der Waals surface area contributed by atoms with Crippen molar-refractivity contribution >= 4 is 5.71 Å². The highest BCUT2D eigenvalue weighted by Crippen LogP contribution is 2.28. The Kier molecular flexibility index (Phi) is 4.53. The van der Waals surface area contributed by atoms with Gasteiger partial charge in [0.05, 0.1) is 0 Å². The topological polar surface area (TPSA) is 32.6 Å². The number of para-hydroxylation sites is 1. The molecule has 0 bridgehead atoms. The second-order valence-electron chi connectivity index (χ2n) is 5.46. The van der Waals surface area contributed by atoms with Gasteiger partial charge in [-0.1, -0.05) is 72.8 Å². The summed E-state index contributed by atoms with van der Waals surface area (Å²) >= 11 is 0. The number of nitrogens with zero attached hydrogens (tertiary/aromatic N) is 1. The van der Waals surface area contributed by atoms with Gasteiger partial charge in [0.15, 0.2) is 0 Å². The second-order valence-corrected chi connectivity index (χ2v) is 5.46. The van der Waals surface area contributed by atoms with E-state index in [0.717, 1.165) is 22.4 Å². The van der Waals surface area contributed by atoms with Gasteiger partial charge in [-0.3, -0.25) is 4.99 Å². The lowest BCUT2D eigenvalue weighted by Gasteiger charge is -2.15. The van der Waals surface area contributed by atoms with Gasteiger partial charge in [0.2, 0.25) is 0 Å². The summed E-state index contributed by atoms with van der Waals surface area (Å²) in [4.78, 5) is 4.90. The minimum atomic E-state index is -0.0861. The van der Waals surface area contributed by atoms with Crippen LogP contribution in [0.15, 0.2) is 89.9 Å². The second kappa shape index (κ2) is 6.93. The first-order valence-corrected chi connectivity index (χ1v) is 7.68. The average Bonchev–Trinajstić information content (AvgIpc) is 2.61. The number of aromatic hydroxyl groups is 1. The third-order valence-electron chi connectivity index (χ3n) is 3.85. The maximum absolute atomic E-state index is 10.1. The Hall–Kier alpha value is -2.87. The van der Waals surface area contributed by atoms with E-state index in [2.05, 4.69) is 24.3 Å². The van der Waals surface area contributed by atoms with E-state index in [1.54, 1.807) is 6.07 Å². The van der Waals surface area contributed by atoms with Crippen LogP contribution in [0.25, 0.3) is 0 Å². The zero-order valence-electron chi connectivity index (χ0n) is 13.1. The van der Waals surface area contributed by atoms with Gasteiger partial charge in [0.1, 0.15) is 11.8 Å². The fourth-order valence-corrected chi connectivity index (χ4v) is 2.65. The normalized spacial score (nSPS) is 11.7. The minimum Gasteiger partial charge on any atom is -0.507 e. The van der Waals surface area contributed by atoms with Crippen LogP contribution in [0.3, 0.4) is 0 Å². The first kappa shape index (κ1) is 15.0. The molecule has 0 fully saturated rings. The van der Waals surface area contributed by atoms with E-state index in [1.807, 2.05) is 61.5 Å². The molecule has 0 aromatic heterocycles. The summed E-state index contributed by atoms with van der Waals surface area (Å²) in [5, 5.41) is 10.1. The van der Waals surface area contributed by atoms with Crippen molar-refractivity contribution in [1.29, 1.82) is 0 Å². The van der Waals surface area contributed by atoms with Gasteiger partial charge in [-0.15, -0.1) is 0 Å². The van der Waals surface area contributed by atoms with E-state index >= 15 is 0 Å². The molecule has 0 saturated heterocycles. The Morgan fingerprint density at radius 1 is 0.739 bits per heavy atom. The van der Waals surface area contributed by atoms with Crippen LogP contribution in [0.1, 0.15) is 29.7 Å². The molecule has 114 valence electrons. The highest BCUT2D eigenvalue weighted by atomic mass is 16.3.